The van der Waals surface area contributed by atoms with E-state index in [1.54, 1.807) is 12.1 Å². The van der Waals surface area contributed by atoms with Crippen molar-refractivity contribution in [1.29, 1.82) is 0 Å². The van der Waals surface area contributed by atoms with Crippen molar-refractivity contribution in [3.05, 3.63) is 35.4 Å². The van der Waals surface area contributed by atoms with Gasteiger partial charge in [0.15, 0.2) is 0 Å². The zero-order chi connectivity index (χ0) is 11.3. The first-order chi connectivity index (χ1) is 7.20. The van der Waals surface area contributed by atoms with Gasteiger partial charge in [-0.3, -0.25) is 9.63 Å². The van der Waals surface area contributed by atoms with Crippen LogP contribution in [0.2, 0.25) is 0 Å². The molecule has 80 valence electrons. The lowest BCUT2D eigenvalue weighted by Gasteiger charge is -2.06. The van der Waals surface area contributed by atoms with Crippen LogP contribution in [0.15, 0.2) is 24.3 Å². The van der Waals surface area contributed by atoms with E-state index in [2.05, 4.69) is 15.1 Å². The maximum Gasteiger partial charge on any atom is 0.338 e. The summed E-state index contributed by atoms with van der Waals surface area (Å²) in [5.41, 5.74) is 2.55. The van der Waals surface area contributed by atoms with Crippen LogP contribution < -0.4 is 5.48 Å². The van der Waals surface area contributed by atoms with Crippen molar-refractivity contribution in [3.63, 3.8) is 0 Å². The van der Waals surface area contributed by atoms with Crippen molar-refractivity contribution in [2.75, 3.05) is 14.2 Å². The number of benzene rings is 1. The molecule has 1 N–H and O–H groups in total. The van der Waals surface area contributed by atoms with Crippen LogP contribution in [0.25, 0.3) is 0 Å². The summed E-state index contributed by atoms with van der Waals surface area (Å²) >= 11 is 0. The Kier molecular flexibility index (Phi) is 3.82. The number of hydrogen-bond donors (Lipinski definition) is 1. The van der Waals surface area contributed by atoms with E-state index in [1.165, 1.54) is 26.4 Å². The van der Waals surface area contributed by atoms with E-state index >= 15 is 0 Å². The summed E-state index contributed by atoms with van der Waals surface area (Å²) in [5, 5.41) is 0. The Morgan fingerprint density at radius 2 is 1.73 bits per heavy atom. The molecule has 0 saturated heterocycles. The second kappa shape index (κ2) is 5.11. The van der Waals surface area contributed by atoms with Gasteiger partial charge < -0.3 is 4.74 Å². The first-order valence-electron chi connectivity index (χ1n) is 4.21. The van der Waals surface area contributed by atoms with Crippen LogP contribution in [-0.2, 0) is 9.57 Å². The monoisotopic (exact) mass is 209 g/mol. The molecule has 0 aliphatic carbocycles. The SMILES string of the molecule is CONC(=O)c1ccccc1C(=O)OC. The van der Waals surface area contributed by atoms with Gasteiger partial charge in [0.2, 0.25) is 0 Å². The highest BCUT2D eigenvalue weighted by atomic mass is 16.6. The number of esters is 1. The quantitative estimate of drug-likeness (QED) is 0.589. The number of carbonyl (C=O) groups is 2. The minimum absolute atomic E-state index is 0.203. The molecular formula is C10H11NO4. The molecular weight excluding hydrogens is 198 g/mol. The van der Waals surface area contributed by atoms with Gasteiger partial charge in [-0.25, -0.2) is 10.3 Å². The molecule has 0 spiro atoms. The van der Waals surface area contributed by atoms with Crippen LogP contribution in [0, 0.1) is 0 Å². The van der Waals surface area contributed by atoms with E-state index in [0.29, 0.717) is 0 Å². The van der Waals surface area contributed by atoms with Gasteiger partial charge in [0.1, 0.15) is 0 Å². The molecule has 5 nitrogen and oxygen atoms in total. The van der Waals surface area contributed by atoms with Crippen molar-refractivity contribution in [2.24, 2.45) is 0 Å². The summed E-state index contributed by atoms with van der Waals surface area (Å²) in [6.07, 6.45) is 0. The highest BCUT2D eigenvalue weighted by Crippen LogP contribution is 2.09. The van der Waals surface area contributed by atoms with Gasteiger partial charge in [-0.05, 0) is 12.1 Å². The molecule has 1 aromatic rings. The predicted octanol–water partition coefficient (Wildman–Crippen LogP) is 0.764. The number of nitrogens with one attached hydrogen (secondary N) is 1. The Morgan fingerprint density at radius 1 is 1.13 bits per heavy atom. The van der Waals surface area contributed by atoms with E-state index in [-0.39, 0.29) is 11.1 Å². The molecule has 5 heteroatoms. The molecule has 0 saturated carbocycles. The maximum absolute atomic E-state index is 11.4. The van der Waals surface area contributed by atoms with Gasteiger partial charge in [-0.1, -0.05) is 12.1 Å². The highest BCUT2D eigenvalue weighted by molar-refractivity contribution is 6.04. The Balaban J connectivity index is 3.06. The van der Waals surface area contributed by atoms with Gasteiger partial charge in [0.25, 0.3) is 5.91 Å². The summed E-state index contributed by atoms with van der Waals surface area (Å²) in [6, 6.07) is 6.32. The van der Waals surface area contributed by atoms with Crippen LogP contribution in [0.4, 0.5) is 0 Å². The minimum Gasteiger partial charge on any atom is -0.465 e. The summed E-state index contributed by atoms with van der Waals surface area (Å²) in [6.45, 7) is 0. The average molecular weight is 209 g/mol. The number of carbonyl (C=O) groups excluding carboxylic acids is 2. The molecule has 0 heterocycles. The largest absolute Gasteiger partial charge is 0.465 e. The van der Waals surface area contributed by atoms with Crippen molar-refractivity contribution >= 4 is 11.9 Å². The molecule has 0 unspecified atom stereocenters. The molecule has 0 bridgehead atoms. The Labute approximate surface area is 86.9 Å². The van der Waals surface area contributed by atoms with Gasteiger partial charge in [-0.2, -0.15) is 0 Å². The number of rotatable bonds is 3. The molecule has 1 amide bonds. The molecule has 1 rings (SSSR count). The molecule has 0 radical (unpaired) electrons. The van der Waals surface area contributed by atoms with Crippen LogP contribution in [0.5, 0.6) is 0 Å². The maximum atomic E-state index is 11.4. The first-order valence-corrected chi connectivity index (χ1v) is 4.21. The lowest BCUT2D eigenvalue weighted by molar-refractivity contribution is 0.0519. The van der Waals surface area contributed by atoms with Gasteiger partial charge >= 0.3 is 5.97 Å². The van der Waals surface area contributed by atoms with Gasteiger partial charge in [0.05, 0.1) is 25.3 Å². The van der Waals surface area contributed by atoms with Crippen molar-refractivity contribution in [3.8, 4) is 0 Å². The van der Waals surface area contributed by atoms with Crippen LogP contribution in [0.3, 0.4) is 0 Å². The van der Waals surface area contributed by atoms with E-state index in [4.69, 9.17) is 0 Å². The second-order valence-electron chi connectivity index (χ2n) is 2.67. The molecule has 0 fully saturated rings. The topological polar surface area (TPSA) is 64.6 Å². The zero-order valence-corrected chi connectivity index (χ0v) is 8.44. The van der Waals surface area contributed by atoms with E-state index < -0.39 is 11.9 Å². The van der Waals surface area contributed by atoms with Gasteiger partial charge in [0, 0.05) is 0 Å². The highest BCUT2D eigenvalue weighted by Gasteiger charge is 2.16. The molecule has 0 aliphatic heterocycles. The lowest BCUT2D eigenvalue weighted by Crippen LogP contribution is -2.24. The first kappa shape index (κ1) is 11.2. The standard InChI is InChI=1S/C10H11NO4/c1-14-10(13)8-6-4-3-5-7(8)9(12)11-15-2/h3-6H,1-2H3,(H,11,12). The third-order valence-electron chi connectivity index (χ3n) is 1.77. The Bertz CT molecular complexity index is 375. The number of methoxy groups -OCH3 is 1. The molecule has 1 aromatic carbocycles. The number of hydrogen-bond acceptors (Lipinski definition) is 4. The van der Waals surface area contributed by atoms with Crippen molar-refractivity contribution < 1.29 is 19.2 Å². The molecule has 0 aromatic heterocycles. The van der Waals surface area contributed by atoms with E-state index in [0.717, 1.165) is 0 Å². The number of amides is 1. The van der Waals surface area contributed by atoms with E-state index in [9.17, 15) is 9.59 Å². The smallest absolute Gasteiger partial charge is 0.338 e. The summed E-state index contributed by atoms with van der Waals surface area (Å²) in [5.74, 6) is -1.05. The van der Waals surface area contributed by atoms with Gasteiger partial charge in [-0.15, -0.1) is 0 Å². The third kappa shape index (κ3) is 2.54. The Hall–Kier alpha value is -1.88. The summed E-state index contributed by atoms with van der Waals surface area (Å²) in [7, 11) is 2.58. The van der Waals surface area contributed by atoms with Crippen molar-refractivity contribution in [2.45, 2.75) is 0 Å². The van der Waals surface area contributed by atoms with Crippen LogP contribution in [-0.4, -0.2) is 26.1 Å². The normalized spacial score (nSPS) is 9.47. The van der Waals surface area contributed by atoms with Crippen molar-refractivity contribution in [1.82, 2.24) is 5.48 Å². The fourth-order valence-corrected chi connectivity index (χ4v) is 1.12. The predicted molar refractivity (Wildman–Crippen MR) is 52.3 cm³/mol. The average Bonchev–Trinajstić information content (AvgIpc) is 2.28. The molecule has 0 aliphatic rings. The van der Waals surface area contributed by atoms with Crippen LogP contribution in [0.1, 0.15) is 20.7 Å². The minimum atomic E-state index is -0.558. The Morgan fingerprint density at radius 3 is 2.27 bits per heavy atom. The molecule has 15 heavy (non-hydrogen) atoms. The second-order valence-corrected chi connectivity index (χ2v) is 2.67. The zero-order valence-electron chi connectivity index (χ0n) is 8.44. The lowest BCUT2D eigenvalue weighted by atomic mass is 10.1. The number of ether oxygens (including phenoxy) is 1. The third-order valence-corrected chi connectivity index (χ3v) is 1.77. The van der Waals surface area contributed by atoms with E-state index in [1.807, 2.05) is 0 Å². The fraction of sp³-hybridized carbons (Fsp3) is 0.200. The molecule has 0 atom stereocenters. The van der Waals surface area contributed by atoms with Crippen LogP contribution >= 0.6 is 0 Å². The summed E-state index contributed by atoms with van der Waals surface area (Å²) < 4.78 is 4.55. The summed E-state index contributed by atoms with van der Waals surface area (Å²) in [4.78, 5) is 27.2. The number of hydroxylamine groups is 1. The fourth-order valence-electron chi connectivity index (χ4n) is 1.12.